The van der Waals surface area contributed by atoms with Crippen LogP contribution in [-0.4, -0.2) is 37.2 Å². The van der Waals surface area contributed by atoms with Gasteiger partial charge in [-0.25, -0.2) is 0 Å². The summed E-state index contributed by atoms with van der Waals surface area (Å²) in [5, 5.41) is 0. The molecule has 6 nitrogen and oxygen atoms in total. The largest absolute Gasteiger partial charge is 0.462 e. The molecule has 0 aliphatic rings. The summed E-state index contributed by atoms with van der Waals surface area (Å²) in [7, 11) is 0. The van der Waals surface area contributed by atoms with Gasteiger partial charge in [0.25, 0.3) is 0 Å². The van der Waals surface area contributed by atoms with E-state index < -0.39 is 6.10 Å². The van der Waals surface area contributed by atoms with Crippen molar-refractivity contribution in [3.8, 4) is 0 Å². The number of hydrogen-bond donors (Lipinski definition) is 0. The van der Waals surface area contributed by atoms with Crippen LogP contribution in [-0.2, 0) is 28.6 Å². The number of ether oxygens (including phenoxy) is 3. The number of carbonyl (C=O) groups excluding carboxylic acids is 3. The van der Waals surface area contributed by atoms with Gasteiger partial charge in [-0.15, -0.1) is 0 Å². The number of carbonyl (C=O) groups is 3. The zero-order valence-corrected chi connectivity index (χ0v) is 45.9. The summed E-state index contributed by atoms with van der Waals surface area (Å²) in [5.74, 6) is -0.852. The van der Waals surface area contributed by atoms with Gasteiger partial charge in [-0.3, -0.25) is 14.4 Å². The quantitative estimate of drug-likeness (QED) is 0.0262. The van der Waals surface area contributed by atoms with Gasteiger partial charge in [0.05, 0.1) is 0 Å². The number of esters is 3. The molecule has 0 bridgehead atoms. The second-order valence-corrected chi connectivity index (χ2v) is 20.6. The van der Waals surface area contributed by atoms with Crippen molar-refractivity contribution in [2.24, 2.45) is 0 Å². The van der Waals surface area contributed by atoms with Crippen LogP contribution in [0, 0.1) is 0 Å². The Balaban J connectivity index is 4.29. The Labute approximate surface area is 423 Å². The van der Waals surface area contributed by atoms with Crippen LogP contribution in [0.5, 0.6) is 0 Å². The molecule has 0 aromatic carbocycles. The van der Waals surface area contributed by atoms with Crippen LogP contribution in [0.25, 0.3) is 0 Å². The van der Waals surface area contributed by atoms with Gasteiger partial charge in [0.1, 0.15) is 13.2 Å². The van der Waals surface area contributed by atoms with Gasteiger partial charge < -0.3 is 14.2 Å². The first-order valence-corrected chi connectivity index (χ1v) is 30.3. The van der Waals surface area contributed by atoms with E-state index in [0.29, 0.717) is 19.3 Å². The lowest BCUT2D eigenvalue weighted by atomic mass is 10.0. The molecule has 6 heteroatoms. The van der Waals surface area contributed by atoms with Crippen molar-refractivity contribution in [2.45, 2.75) is 341 Å². The summed E-state index contributed by atoms with van der Waals surface area (Å²) in [5.41, 5.74) is 0. The monoisotopic (exact) mass is 957 g/mol. The highest BCUT2D eigenvalue weighted by atomic mass is 16.6. The lowest BCUT2D eigenvalue weighted by Crippen LogP contribution is -2.30. The first-order chi connectivity index (χ1) is 33.5. The average molecular weight is 958 g/mol. The highest BCUT2D eigenvalue weighted by Gasteiger charge is 2.19. The number of hydrogen-bond acceptors (Lipinski definition) is 6. The molecule has 0 saturated carbocycles. The second-order valence-electron chi connectivity index (χ2n) is 20.6. The summed E-state index contributed by atoms with van der Waals surface area (Å²) >= 11 is 0. The molecule has 0 rings (SSSR count). The fourth-order valence-electron chi connectivity index (χ4n) is 9.12. The van der Waals surface area contributed by atoms with Gasteiger partial charge in [0.2, 0.25) is 0 Å². The summed E-state index contributed by atoms with van der Waals surface area (Å²) in [6, 6.07) is 0. The highest BCUT2D eigenvalue weighted by Crippen LogP contribution is 2.17. The van der Waals surface area contributed by atoms with E-state index in [1.165, 1.54) is 225 Å². The van der Waals surface area contributed by atoms with E-state index in [0.717, 1.165) is 70.6 Å². The molecule has 0 saturated heterocycles. The van der Waals surface area contributed by atoms with E-state index in [1.807, 2.05) is 0 Å². The van der Waals surface area contributed by atoms with Crippen LogP contribution in [0.15, 0.2) is 24.3 Å². The maximum Gasteiger partial charge on any atom is 0.306 e. The zero-order chi connectivity index (χ0) is 49.3. The predicted octanol–water partition coefficient (Wildman–Crippen LogP) is 20.3. The standard InChI is InChI=1S/C62H116O6/c1-4-7-10-13-16-19-22-25-27-29-30-31-33-34-37-40-43-46-49-52-55-61(64)67-58-59(57-66-60(63)54-51-48-45-42-39-36-24-21-18-15-12-9-6-3)68-62(65)56-53-50-47-44-41-38-35-32-28-26-23-20-17-14-11-8-5-2/h17,20,26,28,59H,4-16,18-19,21-25,27,29-58H2,1-3H3/b20-17-,28-26-. The molecule has 1 atom stereocenters. The lowest BCUT2D eigenvalue weighted by molar-refractivity contribution is -0.167. The lowest BCUT2D eigenvalue weighted by Gasteiger charge is -2.18. The number of allylic oxidation sites excluding steroid dienone is 4. The third-order valence-electron chi connectivity index (χ3n) is 13.7. The Morgan fingerprint density at radius 2 is 0.529 bits per heavy atom. The molecule has 0 spiro atoms. The van der Waals surface area contributed by atoms with E-state index in [4.69, 9.17) is 14.2 Å². The maximum atomic E-state index is 12.9. The SMILES string of the molecule is CCCCC/C=C\C/C=C\CCCCCCCCCC(=O)OC(COC(=O)CCCCCCCCCCCCCCC)COC(=O)CCCCCCCCCCCCCCCCCCCCCC. The molecular formula is C62H116O6. The van der Waals surface area contributed by atoms with Gasteiger partial charge in [-0.05, 0) is 51.4 Å². The molecule has 0 amide bonds. The first kappa shape index (κ1) is 65.9. The molecular weight excluding hydrogens is 841 g/mol. The van der Waals surface area contributed by atoms with Crippen LogP contribution in [0.1, 0.15) is 335 Å². The minimum absolute atomic E-state index is 0.0687. The molecule has 400 valence electrons. The molecule has 0 radical (unpaired) electrons. The fourth-order valence-corrected chi connectivity index (χ4v) is 9.12. The summed E-state index contributed by atoms with van der Waals surface area (Å²) in [6.45, 7) is 6.67. The smallest absolute Gasteiger partial charge is 0.306 e. The van der Waals surface area contributed by atoms with Crippen molar-refractivity contribution in [3.05, 3.63) is 24.3 Å². The minimum Gasteiger partial charge on any atom is -0.462 e. The van der Waals surface area contributed by atoms with Crippen LogP contribution in [0.2, 0.25) is 0 Å². The first-order valence-electron chi connectivity index (χ1n) is 30.3. The van der Waals surface area contributed by atoms with Crippen LogP contribution in [0.3, 0.4) is 0 Å². The van der Waals surface area contributed by atoms with Gasteiger partial charge in [-0.2, -0.15) is 0 Å². The molecule has 0 heterocycles. The highest BCUT2D eigenvalue weighted by molar-refractivity contribution is 5.71. The van der Waals surface area contributed by atoms with Crippen LogP contribution in [0.4, 0.5) is 0 Å². The van der Waals surface area contributed by atoms with Gasteiger partial charge in [0.15, 0.2) is 6.10 Å². The maximum absolute atomic E-state index is 12.9. The summed E-state index contributed by atoms with van der Waals surface area (Å²) in [6.07, 6.45) is 67.4. The van der Waals surface area contributed by atoms with Crippen LogP contribution >= 0.6 is 0 Å². The molecule has 68 heavy (non-hydrogen) atoms. The van der Waals surface area contributed by atoms with Crippen molar-refractivity contribution >= 4 is 17.9 Å². The number of unbranched alkanes of at least 4 members (excludes halogenated alkanes) is 41. The van der Waals surface area contributed by atoms with Crippen molar-refractivity contribution in [2.75, 3.05) is 13.2 Å². The van der Waals surface area contributed by atoms with Crippen molar-refractivity contribution in [1.82, 2.24) is 0 Å². The molecule has 0 aliphatic heterocycles. The van der Waals surface area contributed by atoms with E-state index in [1.54, 1.807) is 0 Å². The third-order valence-corrected chi connectivity index (χ3v) is 13.7. The molecule has 0 aromatic heterocycles. The van der Waals surface area contributed by atoms with E-state index in [-0.39, 0.29) is 31.1 Å². The molecule has 0 N–H and O–H groups in total. The van der Waals surface area contributed by atoms with Gasteiger partial charge >= 0.3 is 17.9 Å². The predicted molar refractivity (Wildman–Crippen MR) is 293 cm³/mol. The van der Waals surface area contributed by atoms with Crippen molar-refractivity contribution < 1.29 is 28.6 Å². The van der Waals surface area contributed by atoms with Crippen molar-refractivity contribution in [1.29, 1.82) is 0 Å². The van der Waals surface area contributed by atoms with Gasteiger partial charge in [0, 0.05) is 19.3 Å². The Morgan fingerprint density at radius 1 is 0.294 bits per heavy atom. The Morgan fingerprint density at radius 3 is 0.838 bits per heavy atom. The topological polar surface area (TPSA) is 78.9 Å². The molecule has 0 fully saturated rings. The normalized spacial score (nSPS) is 12.1. The Kier molecular flexibility index (Phi) is 55.7. The molecule has 0 aliphatic carbocycles. The number of rotatable bonds is 56. The fraction of sp³-hybridized carbons (Fsp3) is 0.887. The van der Waals surface area contributed by atoms with E-state index in [9.17, 15) is 14.4 Å². The second kappa shape index (κ2) is 57.5. The van der Waals surface area contributed by atoms with E-state index >= 15 is 0 Å². The third kappa shape index (κ3) is 54.8. The summed E-state index contributed by atoms with van der Waals surface area (Å²) in [4.78, 5) is 38.2. The minimum atomic E-state index is -0.771. The molecule has 1 unspecified atom stereocenters. The van der Waals surface area contributed by atoms with Gasteiger partial charge in [-0.1, -0.05) is 289 Å². The average Bonchev–Trinajstić information content (AvgIpc) is 3.34. The molecule has 0 aromatic rings. The van der Waals surface area contributed by atoms with Crippen LogP contribution < -0.4 is 0 Å². The van der Waals surface area contributed by atoms with E-state index in [2.05, 4.69) is 45.1 Å². The Bertz CT molecular complexity index is 1100. The summed E-state index contributed by atoms with van der Waals surface area (Å²) < 4.78 is 16.9. The van der Waals surface area contributed by atoms with Crippen molar-refractivity contribution in [3.63, 3.8) is 0 Å². The Hall–Kier alpha value is -2.11. The zero-order valence-electron chi connectivity index (χ0n) is 45.9.